The van der Waals surface area contributed by atoms with Crippen LogP contribution in [0.1, 0.15) is 40.6 Å². The van der Waals surface area contributed by atoms with E-state index in [1.807, 2.05) is 19.1 Å². The molecule has 0 unspecified atom stereocenters. The van der Waals surface area contributed by atoms with Gasteiger partial charge in [-0.3, -0.25) is 4.99 Å². The van der Waals surface area contributed by atoms with Gasteiger partial charge in [-0.05, 0) is 100 Å². The summed E-state index contributed by atoms with van der Waals surface area (Å²) >= 11 is 3.43. The largest absolute Gasteiger partial charge is 0.378 e. The number of benzene rings is 4. The van der Waals surface area contributed by atoms with Crippen LogP contribution in [-0.4, -0.2) is 14.6 Å². The van der Waals surface area contributed by atoms with Crippen molar-refractivity contribution >= 4 is 43.6 Å². The number of halogens is 1. The lowest BCUT2D eigenvalue weighted by Gasteiger charge is -2.37. The van der Waals surface area contributed by atoms with Crippen LogP contribution < -0.4 is 9.50 Å². The van der Waals surface area contributed by atoms with Crippen molar-refractivity contribution in [2.75, 3.05) is 5.32 Å². The maximum Gasteiger partial charge on any atom is 0.339 e. The maximum absolute atomic E-state index is 12.6. The van der Waals surface area contributed by atoms with Gasteiger partial charge in [0.05, 0.1) is 16.2 Å². The number of hydrogen-bond acceptors (Lipinski definition) is 5. The van der Waals surface area contributed by atoms with E-state index >= 15 is 0 Å². The molecule has 4 aromatic rings. The lowest BCUT2D eigenvalue weighted by atomic mass is 9.77. The lowest BCUT2D eigenvalue weighted by molar-refractivity contribution is 0.425. The highest BCUT2D eigenvalue weighted by Gasteiger charge is 2.37. The fourth-order valence-electron chi connectivity index (χ4n) is 5.33. The second kappa shape index (κ2) is 10.5. The summed E-state index contributed by atoms with van der Waals surface area (Å²) in [5.74, 6) is 1.17. The molecule has 0 aromatic heterocycles. The van der Waals surface area contributed by atoms with E-state index in [9.17, 15) is 8.42 Å². The van der Waals surface area contributed by atoms with Crippen LogP contribution in [-0.2, 0) is 10.1 Å². The SMILES string of the molecule is Cc1ccc(S(=O)(=O)Oc2ccc(C=Nc3ccc([C@@H]4Nc5ccccc5[C@H]5C=CC[C@@H]54)cc3)cc2Br)cc1. The summed E-state index contributed by atoms with van der Waals surface area (Å²) in [7, 11) is -3.93. The first-order chi connectivity index (χ1) is 18.9. The number of rotatable bonds is 6. The molecule has 5 nitrogen and oxygen atoms in total. The third kappa shape index (κ3) is 5.29. The van der Waals surface area contributed by atoms with Crippen molar-refractivity contribution in [3.63, 3.8) is 0 Å². The third-order valence-corrected chi connectivity index (χ3v) is 9.22. The molecule has 0 bridgehead atoms. The predicted molar refractivity (Wildman–Crippen MR) is 160 cm³/mol. The first kappa shape index (κ1) is 25.6. The molecule has 0 saturated carbocycles. The van der Waals surface area contributed by atoms with Gasteiger partial charge in [-0.2, -0.15) is 8.42 Å². The van der Waals surface area contributed by atoms with Gasteiger partial charge in [-0.15, -0.1) is 0 Å². The van der Waals surface area contributed by atoms with E-state index in [1.165, 1.54) is 28.9 Å². The number of anilines is 1. The molecule has 0 spiro atoms. The first-order valence-corrected chi connectivity index (χ1v) is 15.0. The zero-order chi connectivity index (χ0) is 27.0. The summed E-state index contributed by atoms with van der Waals surface area (Å²) in [4.78, 5) is 4.74. The monoisotopic (exact) mass is 598 g/mol. The second-order valence-electron chi connectivity index (χ2n) is 9.95. The van der Waals surface area contributed by atoms with E-state index in [0.29, 0.717) is 16.3 Å². The second-order valence-corrected chi connectivity index (χ2v) is 12.4. The van der Waals surface area contributed by atoms with Gasteiger partial charge in [0.25, 0.3) is 0 Å². The van der Waals surface area contributed by atoms with E-state index in [4.69, 9.17) is 4.18 Å². The molecule has 1 aliphatic heterocycles. The lowest BCUT2D eigenvalue weighted by Crippen LogP contribution is -2.28. The summed E-state index contributed by atoms with van der Waals surface area (Å²) in [5.41, 5.74) is 6.47. The molecule has 7 heteroatoms. The fourth-order valence-corrected chi connectivity index (χ4v) is 6.86. The highest BCUT2D eigenvalue weighted by molar-refractivity contribution is 9.10. The average Bonchev–Trinajstić information content (AvgIpc) is 3.44. The average molecular weight is 600 g/mol. The van der Waals surface area contributed by atoms with Crippen molar-refractivity contribution in [1.82, 2.24) is 0 Å². The molecule has 1 aliphatic carbocycles. The van der Waals surface area contributed by atoms with Crippen LogP contribution in [0.5, 0.6) is 5.75 Å². The molecule has 39 heavy (non-hydrogen) atoms. The smallest absolute Gasteiger partial charge is 0.339 e. The molecule has 3 atom stereocenters. The Morgan fingerprint density at radius 2 is 1.74 bits per heavy atom. The Bertz CT molecular complexity index is 1680. The van der Waals surface area contributed by atoms with Gasteiger partial charge in [0.2, 0.25) is 0 Å². The van der Waals surface area contributed by atoms with Crippen molar-refractivity contribution in [3.8, 4) is 5.75 Å². The number of hydrogen-bond donors (Lipinski definition) is 1. The molecule has 0 saturated heterocycles. The Kier molecular flexibility index (Phi) is 6.87. The molecule has 1 N–H and O–H groups in total. The topological polar surface area (TPSA) is 67.8 Å². The Hall–Kier alpha value is -3.68. The van der Waals surface area contributed by atoms with Crippen molar-refractivity contribution in [2.24, 2.45) is 10.9 Å². The van der Waals surface area contributed by atoms with E-state index in [2.05, 4.69) is 74.8 Å². The van der Waals surface area contributed by atoms with E-state index in [-0.39, 0.29) is 16.7 Å². The Morgan fingerprint density at radius 1 is 0.974 bits per heavy atom. The Labute approximate surface area is 237 Å². The molecule has 1 heterocycles. The molecular formula is C32H27BrN2O3S. The van der Waals surface area contributed by atoms with Crippen LogP contribution in [0.15, 0.2) is 118 Å². The van der Waals surface area contributed by atoms with Gasteiger partial charge < -0.3 is 9.50 Å². The number of nitrogens with zero attached hydrogens (tertiary/aromatic N) is 1. The zero-order valence-electron chi connectivity index (χ0n) is 21.3. The van der Waals surface area contributed by atoms with E-state index < -0.39 is 10.1 Å². The van der Waals surface area contributed by atoms with Crippen LogP contribution in [0.3, 0.4) is 0 Å². The van der Waals surface area contributed by atoms with E-state index in [0.717, 1.165) is 23.2 Å². The molecule has 6 rings (SSSR count). The molecular weight excluding hydrogens is 572 g/mol. The third-order valence-electron chi connectivity index (χ3n) is 7.35. The standard InChI is InChI=1S/C32H27BrN2O3S/c1-21-9-16-25(17-10-21)39(36,37)38-31-18-11-22(19-29(31)33)20-34-24-14-12-23(13-15-24)32-28-7-4-6-26(28)27-5-2-3-8-30(27)35-32/h2-6,8-20,26,28,32,35H,7H2,1H3/t26-,28+,32+/m1/s1. The van der Waals surface area contributed by atoms with Crippen molar-refractivity contribution in [3.05, 3.63) is 130 Å². The van der Waals surface area contributed by atoms with Gasteiger partial charge in [0.1, 0.15) is 4.90 Å². The maximum atomic E-state index is 12.6. The van der Waals surface area contributed by atoms with Gasteiger partial charge >= 0.3 is 10.1 Å². The zero-order valence-corrected chi connectivity index (χ0v) is 23.7. The van der Waals surface area contributed by atoms with Crippen molar-refractivity contribution in [1.29, 1.82) is 0 Å². The summed E-state index contributed by atoms with van der Waals surface area (Å²) in [5, 5.41) is 3.76. The summed E-state index contributed by atoms with van der Waals surface area (Å²) < 4.78 is 31.2. The predicted octanol–water partition coefficient (Wildman–Crippen LogP) is 8.10. The molecule has 0 amide bonds. The first-order valence-electron chi connectivity index (χ1n) is 12.8. The number of aliphatic imine (C=N–C) groups is 1. The summed E-state index contributed by atoms with van der Waals surface area (Å²) in [6, 6.07) is 28.9. The number of allylic oxidation sites excluding steroid dienone is 2. The molecule has 0 fully saturated rings. The highest BCUT2D eigenvalue weighted by Crippen LogP contribution is 2.49. The normalized spacial score (nSPS) is 19.9. The minimum absolute atomic E-state index is 0.112. The van der Waals surface area contributed by atoms with Gasteiger partial charge in [-0.1, -0.05) is 60.2 Å². The summed E-state index contributed by atoms with van der Waals surface area (Å²) in [6.07, 6.45) is 7.47. The van der Waals surface area contributed by atoms with Crippen LogP contribution in [0.4, 0.5) is 11.4 Å². The fraction of sp³-hybridized carbons (Fsp3) is 0.156. The molecule has 2 aliphatic rings. The Balaban J connectivity index is 1.15. The Morgan fingerprint density at radius 3 is 2.51 bits per heavy atom. The van der Waals surface area contributed by atoms with Crippen LogP contribution >= 0.6 is 15.9 Å². The van der Waals surface area contributed by atoms with Crippen LogP contribution in [0, 0.1) is 12.8 Å². The van der Waals surface area contributed by atoms with Gasteiger partial charge in [0.15, 0.2) is 5.75 Å². The van der Waals surface area contributed by atoms with Crippen LogP contribution in [0.25, 0.3) is 0 Å². The van der Waals surface area contributed by atoms with Gasteiger partial charge in [0, 0.05) is 17.8 Å². The quantitative estimate of drug-likeness (QED) is 0.138. The molecule has 4 aromatic carbocycles. The minimum atomic E-state index is -3.93. The molecule has 196 valence electrons. The number of nitrogens with one attached hydrogen (secondary N) is 1. The van der Waals surface area contributed by atoms with Crippen LogP contribution in [0.2, 0.25) is 0 Å². The minimum Gasteiger partial charge on any atom is -0.378 e. The highest BCUT2D eigenvalue weighted by atomic mass is 79.9. The number of fused-ring (bicyclic) bond motifs is 3. The van der Waals surface area contributed by atoms with Gasteiger partial charge in [-0.25, -0.2) is 0 Å². The van der Waals surface area contributed by atoms with Crippen molar-refractivity contribution in [2.45, 2.75) is 30.2 Å². The number of aryl methyl sites for hydroxylation is 1. The molecule has 0 radical (unpaired) electrons. The number of para-hydroxylation sites is 1. The van der Waals surface area contributed by atoms with E-state index in [1.54, 1.807) is 36.5 Å². The van der Waals surface area contributed by atoms with Crippen molar-refractivity contribution < 1.29 is 12.6 Å². The summed E-state index contributed by atoms with van der Waals surface area (Å²) in [6.45, 7) is 1.90.